The number of fused-ring (bicyclic) bond motifs is 1. The Morgan fingerprint density at radius 3 is 3.07 bits per heavy atom. The molecule has 1 aliphatic heterocycles. The van der Waals surface area contributed by atoms with E-state index in [1.165, 1.54) is 6.42 Å². The van der Waals surface area contributed by atoms with Gasteiger partial charge in [-0.25, -0.2) is 4.98 Å². The summed E-state index contributed by atoms with van der Waals surface area (Å²) in [6.07, 6.45) is 3.89. The predicted octanol–water partition coefficient (Wildman–Crippen LogP) is 0.770. The Balaban J connectivity index is 1.61. The van der Waals surface area contributed by atoms with Crippen LogP contribution in [-0.2, 0) is 4.79 Å². The molecular weight excluding hydrogens is 190 g/mol. The molecule has 0 bridgehead atoms. The summed E-state index contributed by atoms with van der Waals surface area (Å²) in [5, 5.41) is 6.12. The smallest absolute Gasteiger partial charge is 0.242 e. The number of hydrogen-bond donors (Lipinski definition) is 2. The van der Waals surface area contributed by atoms with Gasteiger partial charge in [0.05, 0.1) is 6.04 Å². The van der Waals surface area contributed by atoms with Gasteiger partial charge in [-0.2, -0.15) is 0 Å². The van der Waals surface area contributed by atoms with Crippen molar-refractivity contribution in [1.29, 1.82) is 0 Å². The SMILES string of the molecule is O=C(Nc1ccccn1)[C@@H]1C[C@H]2C[C@H]2N1. The molecule has 0 unspecified atom stereocenters. The Labute approximate surface area is 88.1 Å². The number of carbonyl (C=O) groups is 1. The second-order valence-electron chi connectivity index (χ2n) is 4.26. The highest BCUT2D eigenvalue weighted by molar-refractivity contribution is 5.94. The number of amides is 1. The molecule has 15 heavy (non-hydrogen) atoms. The lowest BCUT2D eigenvalue weighted by molar-refractivity contribution is -0.118. The van der Waals surface area contributed by atoms with Crippen molar-refractivity contribution in [2.75, 3.05) is 5.32 Å². The van der Waals surface area contributed by atoms with Crippen LogP contribution in [-0.4, -0.2) is 23.0 Å². The van der Waals surface area contributed by atoms with Crippen LogP contribution in [0.2, 0.25) is 0 Å². The molecule has 1 amide bonds. The second kappa shape index (κ2) is 3.31. The Hall–Kier alpha value is -1.42. The van der Waals surface area contributed by atoms with Gasteiger partial charge in [0.25, 0.3) is 0 Å². The Morgan fingerprint density at radius 2 is 2.40 bits per heavy atom. The average molecular weight is 203 g/mol. The Kier molecular flexibility index (Phi) is 1.95. The van der Waals surface area contributed by atoms with E-state index in [0.717, 1.165) is 12.3 Å². The molecule has 2 heterocycles. The van der Waals surface area contributed by atoms with E-state index in [1.54, 1.807) is 12.3 Å². The summed E-state index contributed by atoms with van der Waals surface area (Å²) in [5.41, 5.74) is 0. The molecule has 0 spiro atoms. The van der Waals surface area contributed by atoms with Crippen LogP contribution in [0.15, 0.2) is 24.4 Å². The maximum absolute atomic E-state index is 11.8. The largest absolute Gasteiger partial charge is 0.309 e. The molecule has 1 aromatic heterocycles. The Bertz CT molecular complexity index is 369. The zero-order valence-corrected chi connectivity index (χ0v) is 8.31. The topological polar surface area (TPSA) is 54.0 Å². The first kappa shape index (κ1) is 8.85. The van der Waals surface area contributed by atoms with Crippen LogP contribution in [0.3, 0.4) is 0 Å². The second-order valence-corrected chi connectivity index (χ2v) is 4.26. The Morgan fingerprint density at radius 1 is 1.47 bits per heavy atom. The van der Waals surface area contributed by atoms with Crippen molar-refractivity contribution in [1.82, 2.24) is 10.3 Å². The van der Waals surface area contributed by atoms with Crippen molar-refractivity contribution in [3.63, 3.8) is 0 Å². The lowest BCUT2D eigenvalue weighted by Gasteiger charge is -2.12. The van der Waals surface area contributed by atoms with Crippen molar-refractivity contribution in [3.05, 3.63) is 24.4 Å². The van der Waals surface area contributed by atoms with Crippen molar-refractivity contribution in [2.45, 2.75) is 24.9 Å². The lowest BCUT2D eigenvalue weighted by Crippen LogP contribution is -2.38. The molecule has 1 saturated carbocycles. The minimum atomic E-state index is -0.0178. The summed E-state index contributed by atoms with van der Waals surface area (Å²) < 4.78 is 0. The molecule has 3 atom stereocenters. The van der Waals surface area contributed by atoms with Crippen LogP contribution in [0.5, 0.6) is 0 Å². The molecule has 4 heteroatoms. The number of hydrogen-bond acceptors (Lipinski definition) is 3. The van der Waals surface area contributed by atoms with Crippen molar-refractivity contribution >= 4 is 11.7 Å². The molecule has 78 valence electrons. The van der Waals surface area contributed by atoms with Crippen molar-refractivity contribution in [3.8, 4) is 0 Å². The van der Waals surface area contributed by atoms with E-state index in [0.29, 0.717) is 11.9 Å². The fourth-order valence-corrected chi connectivity index (χ4v) is 2.17. The van der Waals surface area contributed by atoms with E-state index in [-0.39, 0.29) is 11.9 Å². The average Bonchev–Trinajstić information content (AvgIpc) is 2.87. The molecule has 4 nitrogen and oxygen atoms in total. The molecule has 2 N–H and O–H groups in total. The third-order valence-corrected chi connectivity index (χ3v) is 3.11. The predicted molar refractivity (Wildman–Crippen MR) is 56.3 cm³/mol. The molecule has 1 saturated heterocycles. The third kappa shape index (κ3) is 1.72. The number of aromatic nitrogens is 1. The fraction of sp³-hybridized carbons (Fsp3) is 0.455. The first-order valence-corrected chi connectivity index (χ1v) is 5.31. The molecule has 2 fully saturated rings. The quantitative estimate of drug-likeness (QED) is 0.746. The van der Waals surface area contributed by atoms with E-state index in [9.17, 15) is 4.79 Å². The zero-order valence-electron chi connectivity index (χ0n) is 8.31. The number of pyridine rings is 1. The minimum absolute atomic E-state index is 0.0178. The van der Waals surface area contributed by atoms with Crippen LogP contribution in [0, 0.1) is 5.92 Å². The summed E-state index contributed by atoms with van der Waals surface area (Å²) in [7, 11) is 0. The molecule has 3 rings (SSSR count). The van der Waals surface area contributed by atoms with Crippen molar-refractivity contribution < 1.29 is 4.79 Å². The van der Waals surface area contributed by atoms with E-state index >= 15 is 0 Å². The fourth-order valence-electron chi connectivity index (χ4n) is 2.17. The molecule has 0 aromatic carbocycles. The van der Waals surface area contributed by atoms with Crippen molar-refractivity contribution in [2.24, 2.45) is 5.92 Å². The van der Waals surface area contributed by atoms with Gasteiger partial charge in [-0.05, 0) is 30.9 Å². The van der Waals surface area contributed by atoms with E-state index < -0.39 is 0 Å². The van der Waals surface area contributed by atoms with Gasteiger partial charge in [-0.1, -0.05) is 6.07 Å². The van der Waals surface area contributed by atoms with E-state index in [4.69, 9.17) is 0 Å². The summed E-state index contributed by atoms with van der Waals surface area (Å²) in [4.78, 5) is 15.8. The number of anilines is 1. The summed E-state index contributed by atoms with van der Waals surface area (Å²) in [6.45, 7) is 0. The van der Waals surface area contributed by atoms with Gasteiger partial charge < -0.3 is 10.6 Å². The van der Waals surface area contributed by atoms with Gasteiger partial charge in [0.15, 0.2) is 0 Å². The first-order valence-electron chi connectivity index (χ1n) is 5.31. The van der Waals surface area contributed by atoms with Gasteiger partial charge in [0.2, 0.25) is 5.91 Å². The number of nitrogens with zero attached hydrogens (tertiary/aromatic N) is 1. The van der Waals surface area contributed by atoms with Gasteiger partial charge >= 0.3 is 0 Å². The minimum Gasteiger partial charge on any atom is -0.309 e. The van der Waals surface area contributed by atoms with Crippen LogP contribution >= 0.6 is 0 Å². The molecule has 2 aliphatic rings. The zero-order chi connectivity index (χ0) is 10.3. The summed E-state index contributed by atoms with van der Waals surface area (Å²) >= 11 is 0. The van der Waals surface area contributed by atoms with E-state index in [2.05, 4.69) is 15.6 Å². The van der Waals surface area contributed by atoms with Gasteiger partial charge in [-0.3, -0.25) is 4.79 Å². The summed E-state index contributed by atoms with van der Waals surface area (Å²) in [6, 6.07) is 6.08. The molecule has 1 aromatic rings. The van der Waals surface area contributed by atoms with Gasteiger partial charge in [0.1, 0.15) is 5.82 Å². The van der Waals surface area contributed by atoms with Crippen LogP contribution in [0.4, 0.5) is 5.82 Å². The number of piperidine rings is 1. The number of nitrogens with one attached hydrogen (secondary N) is 2. The first-order chi connectivity index (χ1) is 7.33. The lowest BCUT2D eigenvalue weighted by atomic mass is 10.2. The highest BCUT2D eigenvalue weighted by Crippen LogP contribution is 2.40. The summed E-state index contributed by atoms with van der Waals surface area (Å²) in [5.74, 6) is 1.41. The molecular formula is C11H13N3O. The van der Waals surface area contributed by atoms with Crippen LogP contribution in [0.1, 0.15) is 12.8 Å². The van der Waals surface area contributed by atoms with Crippen LogP contribution < -0.4 is 10.6 Å². The van der Waals surface area contributed by atoms with Gasteiger partial charge in [0, 0.05) is 12.2 Å². The number of carbonyl (C=O) groups excluding carboxylic acids is 1. The molecule has 1 aliphatic carbocycles. The molecule has 0 radical (unpaired) electrons. The highest BCUT2D eigenvalue weighted by atomic mass is 16.2. The maximum Gasteiger partial charge on any atom is 0.242 e. The van der Waals surface area contributed by atoms with Gasteiger partial charge in [-0.15, -0.1) is 0 Å². The monoisotopic (exact) mass is 203 g/mol. The third-order valence-electron chi connectivity index (χ3n) is 3.11. The standard InChI is InChI=1S/C11H13N3O/c15-11(9-6-7-5-8(7)13-9)14-10-3-1-2-4-12-10/h1-4,7-9,13H,5-6H2,(H,12,14,15)/t7-,8-,9+/m1/s1. The number of rotatable bonds is 2. The maximum atomic E-state index is 11.8. The highest BCUT2D eigenvalue weighted by Gasteiger charge is 2.47. The van der Waals surface area contributed by atoms with E-state index in [1.807, 2.05) is 12.1 Å². The van der Waals surface area contributed by atoms with Crippen LogP contribution in [0.25, 0.3) is 0 Å². The normalized spacial score (nSPS) is 32.1.